The number of hydrogen-bond donors (Lipinski definition) is 2. The molecule has 0 spiro atoms. The number of aromatic nitrogens is 4. The van der Waals surface area contributed by atoms with Crippen molar-refractivity contribution in [2.24, 2.45) is 5.10 Å². The van der Waals surface area contributed by atoms with Gasteiger partial charge in [-0.05, 0) is 81.7 Å². The Hall–Kier alpha value is -1.34. The Morgan fingerprint density at radius 2 is 2.00 bits per heavy atom. The molecule has 23 heavy (non-hydrogen) atoms. The van der Waals surface area contributed by atoms with Crippen LogP contribution in [0.4, 0.5) is 0 Å². The van der Waals surface area contributed by atoms with Crippen LogP contribution in [0.5, 0.6) is 5.75 Å². The van der Waals surface area contributed by atoms with E-state index in [-0.39, 0.29) is 5.75 Å². The Labute approximate surface area is 163 Å². The molecular weight excluding hydrogens is 540 g/mol. The van der Waals surface area contributed by atoms with Crippen LogP contribution in [0.2, 0.25) is 0 Å². The van der Waals surface area contributed by atoms with Crippen LogP contribution in [0, 0.1) is 11.9 Å². The molecule has 2 aromatic heterocycles. The van der Waals surface area contributed by atoms with E-state index in [0.717, 1.165) is 12.7 Å². The summed E-state index contributed by atoms with van der Waals surface area (Å²) in [6.45, 7) is 0. The van der Waals surface area contributed by atoms with Crippen LogP contribution in [0.3, 0.4) is 0 Å². The molecule has 9 heteroatoms. The van der Waals surface area contributed by atoms with Crippen molar-refractivity contribution >= 4 is 63.6 Å². The third-order valence-electron chi connectivity index (χ3n) is 2.96. The quantitative estimate of drug-likeness (QED) is 0.296. The predicted octanol–water partition coefficient (Wildman–Crippen LogP) is 3.80. The molecule has 0 saturated heterocycles. The standard InChI is InChI=1S/C14H9I2N5OS/c15-10-5-9(12(22)11(16)6-10)7-18-21-13(19-20-14(21)23)8-1-3-17-4-2-8/h1-7,22H,(H,20,23). The molecule has 6 nitrogen and oxygen atoms in total. The number of rotatable bonds is 3. The summed E-state index contributed by atoms with van der Waals surface area (Å²) in [6.07, 6.45) is 4.92. The van der Waals surface area contributed by atoms with Crippen molar-refractivity contribution in [2.75, 3.05) is 0 Å². The van der Waals surface area contributed by atoms with Crippen LogP contribution in [0.15, 0.2) is 41.8 Å². The van der Waals surface area contributed by atoms with Gasteiger partial charge in [-0.3, -0.25) is 4.98 Å². The Morgan fingerprint density at radius 1 is 1.26 bits per heavy atom. The molecule has 1 aromatic carbocycles. The zero-order chi connectivity index (χ0) is 16.4. The molecule has 2 heterocycles. The van der Waals surface area contributed by atoms with Crippen LogP contribution in [0.25, 0.3) is 11.4 Å². The van der Waals surface area contributed by atoms with Crippen LogP contribution in [0.1, 0.15) is 5.56 Å². The number of halogens is 2. The summed E-state index contributed by atoms with van der Waals surface area (Å²) in [5, 5.41) is 21.4. The van der Waals surface area contributed by atoms with E-state index in [4.69, 9.17) is 12.2 Å². The third-order valence-corrected chi connectivity index (χ3v) is 4.67. The summed E-state index contributed by atoms with van der Waals surface area (Å²) in [4.78, 5) is 3.99. The first-order valence-corrected chi connectivity index (χ1v) is 8.93. The normalized spacial score (nSPS) is 11.2. The summed E-state index contributed by atoms with van der Waals surface area (Å²) in [6, 6.07) is 7.38. The third kappa shape index (κ3) is 3.61. The van der Waals surface area contributed by atoms with Crippen molar-refractivity contribution in [1.82, 2.24) is 19.9 Å². The minimum absolute atomic E-state index is 0.190. The lowest BCUT2D eigenvalue weighted by Gasteiger charge is -2.04. The summed E-state index contributed by atoms with van der Waals surface area (Å²) in [5.41, 5.74) is 1.45. The molecule has 116 valence electrons. The van der Waals surface area contributed by atoms with Gasteiger partial charge in [0.1, 0.15) is 5.75 Å². The molecule has 0 fully saturated rings. The Kier molecular flexibility index (Phi) is 5.06. The van der Waals surface area contributed by atoms with Gasteiger partial charge in [-0.15, -0.1) is 0 Å². The molecule has 0 bridgehead atoms. The number of pyridine rings is 1. The second-order valence-electron chi connectivity index (χ2n) is 4.47. The molecule has 3 aromatic rings. The first-order valence-electron chi connectivity index (χ1n) is 6.36. The predicted molar refractivity (Wildman–Crippen MR) is 107 cm³/mol. The van der Waals surface area contributed by atoms with E-state index in [2.05, 4.69) is 65.5 Å². The van der Waals surface area contributed by atoms with Crippen LogP contribution in [-0.2, 0) is 0 Å². The first kappa shape index (κ1) is 16.5. The lowest BCUT2D eigenvalue weighted by molar-refractivity contribution is 0.470. The highest BCUT2D eigenvalue weighted by molar-refractivity contribution is 14.1. The molecule has 0 amide bonds. The van der Waals surface area contributed by atoms with Gasteiger partial charge in [-0.2, -0.15) is 14.9 Å². The van der Waals surface area contributed by atoms with Gasteiger partial charge in [0.15, 0.2) is 5.82 Å². The minimum atomic E-state index is 0.190. The lowest BCUT2D eigenvalue weighted by Crippen LogP contribution is -1.96. The highest BCUT2D eigenvalue weighted by Crippen LogP contribution is 2.26. The van der Waals surface area contributed by atoms with Crippen molar-refractivity contribution in [3.8, 4) is 17.1 Å². The average Bonchev–Trinajstić information content (AvgIpc) is 2.91. The van der Waals surface area contributed by atoms with E-state index in [1.165, 1.54) is 4.68 Å². The summed E-state index contributed by atoms with van der Waals surface area (Å²) in [7, 11) is 0. The fourth-order valence-electron chi connectivity index (χ4n) is 1.89. The minimum Gasteiger partial charge on any atom is -0.506 e. The summed E-state index contributed by atoms with van der Waals surface area (Å²) in [5.74, 6) is 0.767. The number of benzene rings is 1. The molecule has 0 unspecified atom stereocenters. The maximum Gasteiger partial charge on any atom is 0.216 e. The number of hydrogen-bond acceptors (Lipinski definition) is 5. The van der Waals surface area contributed by atoms with Gasteiger partial charge in [0.25, 0.3) is 0 Å². The van der Waals surface area contributed by atoms with Gasteiger partial charge in [-0.1, -0.05) is 0 Å². The topological polar surface area (TPSA) is 79.1 Å². The number of H-pyrrole nitrogens is 1. The van der Waals surface area contributed by atoms with Crippen molar-refractivity contribution in [1.29, 1.82) is 0 Å². The monoisotopic (exact) mass is 549 g/mol. The number of aromatic hydroxyl groups is 1. The van der Waals surface area contributed by atoms with Gasteiger partial charge >= 0.3 is 0 Å². The summed E-state index contributed by atoms with van der Waals surface area (Å²) >= 11 is 9.50. The first-order chi connectivity index (χ1) is 11.1. The highest BCUT2D eigenvalue weighted by atomic mass is 127. The maximum absolute atomic E-state index is 10.1. The number of aromatic amines is 1. The van der Waals surface area contributed by atoms with Gasteiger partial charge in [0.2, 0.25) is 4.77 Å². The molecule has 3 rings (SSSR count). The van der Waals surface area contributed by atoms with Crippen molar-refractivity contribution < 1.29 is 5.11 Å². The fraction of sp³-hybridized carbons (Fsp3) is 0. The number of phenolic OH excluding ortho intramolecular Hbond substituents is 1. The fourth-order valence-corrected chi connectivity index (χ4v) is 3.96. The van der Waals surface area contributed by atoms with Crippen LogP contribution >= 0.6 is 57.4 Å². The Morgan fingerprint density at radius 3 is 2.74 bits per heavy atom. The molecule has 2 N–H and O–H groups in total. The Balaban J connectivity index is 2.05. The zero-order valence-corrected chi connectivity index (χ0v) is 16.6. The molecule has 0 aliphatic rings. The molecule has 0 aliphatic heterocycles. The Bertz CT molecular complexity index is 936. The molecule has 0 atom stereocenters. The zero-order valence-electron chi connectivity index (χ0n) is 11.4. The van der Waals surface area contributed by atoms with Gasteiger partial charge in [0, 0.05) is 27.1 Å². The maximum atomic E-state index is 10.1. The SMILES string of the molecule is Oc1c(I)cc(I)cc1C=Nn1c(-c2ccncc2)n[nH]c1=S. The number of phenols is 1. The van der Waals surface area contributed by atoms with Gasteiger partial charge in [0.05, 0.1) is 9.78 Å². The van der Waals surface area contributed by atoms with Gasteiger partial charge < -0.3 is 5.11 Å². The molecule has 0 saturated carbocycles. The van der Waals surface area contributed by atoms with E-state index in [1.54, 1.807) is 18.6 Å². The molecular formula is C14H9I2N5OS. The van der Waals surface area contributed by atoms with E-state index in [1.807, 2.05) is 24.3 Å². The second kappa shape index (κ2) is 7.05. The van der Waals surface area contributed by atoms with E-state index in [9.17, 15) is 5.11 Å². The smallest absolute Gasteiger partial charge is 0.216 e. The average molecular weight is 549 g/mol. The van der Waals surface area contributed by atoms with Crippen molar-refractivity contribution in [3.05, 3.63) is 54.1 Å². The lowest BCUT2D eigenvalue weighted by atomic mass is 10.2. The van der Waals surface area contributed by atoms with Crippen LogP contribution < -0.4 is 0 Å². The second-order valence-corrected chi connectivity index (χ2v) is 7.26. The van der Waals surface area contributed by atoms with Crippen LogP contribution in [-0.4, -0.2) is 31.2 Å². The van der Waals surface area contributed by atoms with E-state index >= 15 is 0 Å². The molecule has 0 radical (unpaired) electrons. The number of nitrogens with zero attached hydrogens (tertiary/aromatic N) is 4. The van der Waals surface area contributed by atoms with Crippen molar-refractivity contribution in [2.45, 2.75) is 0 Å². The molecule has 0 aliphatic carbocycles. The largest absolute Gasteiger partial charge is 0.506 e. The number of nitrogens with one attached hydrogen (secondary N) is 1. The van der Waals surface area contributed by atoms with Crippen molar-refractivity contribution in [3.63, 3.8) is 0 Å². The van der Waals surface area contributed by atoms with Gasteiger partial charge in [-0.25, -0.2) is 5.10 Å². The van der Waals surface area contributed by atoms with E-state index < -0.39 is 0 Å². The highest BCUT2D eigenvalue weighted by Gasteiger charge is 2.09. The summed E-state index contributed by atoms with van der Waals surface area (Å²) < 4.78 is 3.65. The van der Waals surface area contributed by atoms with E-state index in [0.29, 0.717) is 16.2 Å².